The summed E-state index contributed by atoms with van der Waals surface area (Å²) in [6.07, 6.45) is 2.52. The minimum atomic E-state index is -1.15. The summed E-state index contributed by atoms with van der Waals surface area (Å²) in [5.41, 5.74) is 1.99. The highest BCUT2D eigenvalue weighted by molar-refractivity contribution is 6.26. The first-order valence-corrected chi connectivity index (χ1v) is 11.5. The molecule has 5 aliphatic rings. The van der Waals surface area contributed by atoms with Crippen LogP contribution in [0.1, 0.15) is 30.9 Å². The fourth-order valence-electron chi connectivity index (χ4n) is 6.75. The van der Waals surface area contributed by atoms with Crippen LogP contribution in [0.25, 0.3) is 0 Å². The van der Waals surface area contributed by atoms with Crippen LogP contribution < -0.4 is 19.7 Å². The van der Waals surface area contributed by atoms with Crippen molar-refractivity contribution in [3.8, 4) is 11.5 Å². The summed E-state index contributed by atoms with van der Waals surface area (Å²) in [5, 5.41) is 3.03. The maximum atomic E-state index is 14.0. The highest BCUT2D eigenvalue weighted by Gasteiger charge is 2.74. The summed E-state index contributed by atoms with van der Waals surface area (Å²) in [5.74, 6) is -0.944. The Bertz CT molecular complexity index is 1260. The van der Waals surface area contributed by atoms with Gasteiger partial charge in [0.15, 0.2) is 11.5 Å². The Hall–Kier alpha value is -3.39. The van der Waals surface area contributed by atoms with E-state index < -0.39 is 17.4 Å². The lowest BCUT2D eigenvalue weighted by molar-refractivity contribution is -0.135. The number of ether oxygens (including phenoxy) is 2. The zero-order chi connectivity index (χ0) is 22.5. The number of benzene rings is 2. The van der Waals surface area contributed by atoms with Gasteiger partial charge in [-0.1, -0.05) is 19.1 Å². The van der Waals surface area contributed by atoms with Crippen LogP contribution in [0, 0.1) is 11.8 Å². The lowest BCUT2D eigenvalue weighted by Crippen LogP contribution is -2.54. The number of aryl methyl sites for hydroxylation is 1. The van der Waals surface area contributed by atoms with Gasteiger partial charge >= 0.3 is 0 Å². The molecule has 8 heteroatoms. The fraction of sp³-hybridized carbons (Fsp3) is 0.400. The summed E-state index contributed by atoms with van der Waals surface area (Å²) < 4.78 is 10.9. The minimum Gasteiger partial charge on any atom is -0.454 e. The third-order valence-electron chi connectivity index (χ3n) is 8.08. The molecule has 5 aliphatic heterocycles. The molecule has 1 N–H and O–H groups in total. The fourth-order valence-corrected chi connectivity index (χ4v) is 6.75. The van der Waals surface area contributed by atoms with E-state index in [9.17, 15) is 14.4 Å². The summed E-state index contributed by atoms with van der Waals surface area (Å²) in [6, 6.07) is 11.0. The van der Waals surface area contributed by atoms with Gasteiger partial charge in [0.05, 0.1) is 17.5 Å². The molecule has 168 valence electrons. The van der Waals surface area contributed by atoms with Crippen molar-refractivity contribution < 1.29 is 23.9 Å². The van der Waals surface area contributed by atoms with E-state index in [-0.39, 0.29) is 30.6 Å². The van der Waals surface area contributed by atoms with Gasteiger partial charge in [-0.25, -0.2) is 4.90 Å². The highest BCUT2D eigenvalue weighted by Crippen LogP contribution is 2.61. The van der Waals surface area contributed by atoms with Gasteiger partial charge in [-0.15, -0.1) is 0 Å². The molecule has 0 unspecified atom stereocenters. The number of nitrogens with zero attached hydrogens (tertiary/aromatic N) is 2. The third kappa shape index (κ3) is 2.17. The molecule has 0 aromatic heterocycles. The Morgan fingerprint density at radius 3 is 2.76 bits per heavy atom. The maximum absolute atomic E-state index is 14.0. The van der Waals surface area contributed by atoms with Crippen molar-refractivity contribution in [2.75, 3.05) is 23.6 Å². The van der Waals surface area contributed by atoms with Crippen LogP contribution >= 0.6 is 0 Å². The molecule has 8 nitrogen and oxygen atoms in total. The average Bonchev–Trinajstić information content (AvgIpc) is 3.59. The molecule has 33 heavy (non-hydrogen) atoms. The first-order chi connectivity index (χ1) is 16.1. The summed E-state index contributed by atoms with van der Waals surface area (Å²) in [7, 11) is 0. The molecule has 1 spiro atoms. The van der Waals surface area contributed by atoms with Crippen molar-refractivity contribution in [1.29, 1.82) is 0 Å². The quantitative estimate of drug-likeness (QED) is 0.715. The smallest absolute Gasteiger partial charge is 0.250 e. The number of hydrogen-bond donors (Lipinski definition) is 1. The van der Waals surface area contributed by atoms with Crippen molar-refractivity contribution in [3.63, 3.8) is 0 Å². The molecule has 0 radical (unpaired) electrons. The highest BCUT2D eigenvalue weighted by atomic mass is 16.7. The van der Waals surface area contributed by atoms with E-state index in [0.717, 1.165) is 36.1 Å². The average molecular weight is 445 g/mol. The van der Waals surface area contributed by atoms with Gasteiger partial charge in [0.25, 0.3) is 0 Å². The Balaban J connectivity index is 1.40. The van der Waals surface area contributed by atoms with Crippen LogP contribution in [-0.4, -0.2) is 42.0 Å². The molecule has 2 aromatic carbocycles. The van der Waals surface area contributed by atoms with E-state index in [4.69, 9.17) is 9.47 Å². The van der Waals surface area contributed by atoms with E-state index >= 15 is 0 Å². The number of anilines is 2. The molecular formula is C25H23N3O5. The topological polar surface area (TPSA) is 88.2 Å². The van der Waals surface area contributed by atoms with Crippen LogP contribution in [0.3, 0.4) is 0 Å². The molecule has 2 aromatic rings. The first-order valence-electron chi connectivity index (χ1n) is 11.5. The van der Waals surface area contributed by atoms with Crippen LogP contribution in [0.5, 0.6) is 11.5 Å². The van der Waals surface area contributed by atoms with Crippen molar-refractivity contribution >= 4 is 29.1 Å². The molecule has 0 bridgehead atoms. The number of nitrogens with one attached hydrogen (secondary N) is 1. The molecule has 0 aliphatic carbocycles. The van der Waals surface area contributed by atoms with Gasteiger partial charge in [-0.2, -0.15) is 0 Å². The Morgan fingerprint density at radius 2 is 1.91 bits per heavy atom. The second-order valence-electron chi connectivity index (χ2n) is 9.41. The Kier molecular flexibility index (Phi) is 3.68. The first kappa shape index (κ1) is 19.1. The van der Waals surface area contributed by atoms with Gasteiger partial charge in [0.1, 0.15) is 5.54 Å². The number of fused-ring (bicyclic) bond motifs is 8. The molecule has 4 atom stereocenters. The van der Waals surface area contributed by atoms with E-state index in [2.05, 4.69) is 17.1 Å². The predicted molar refractivity (Wildman–Crippen MR) is 118 cm³/mol. The lowest BCUT2D eigenvalue weighted by Gasteiger charge is -2.36. The lowest BCUT2D eigenvalue weighted by atomic mass is 9.75. The van der Waals surface area contributed by atoms with Crippen LogP contribution in [0.4, 0.5) is 11.4 Å². The van der Waals surface area contributed by atoms with Crippen molar-refractivity contribution in [2.45, 2.75) is 37.8 Å². The monoisotopic (exact) mass is 445 g/mol. The largest absolute Gasteiger partial charge is 0.454 e. The maximum Gasteiger partial charge on any atom is 0.250 e. The molecule has 7 rings (SSSR count). The third-order valence-corrected chi connectivity index (χ3v) is 8.08. The molecule has 3 amide bonds. The van der Waals surface area contributed by atoms with Gasteiger partial charge in [-0.05, 0) is 49.6 Å². The van der Waals surface area contributed by atoms with Gasteiger partial charge in [0.2, 0.25) is 24.5 Å². The molecule has 0 saturated carbocycles. The molecule has 3 fully saturated rings. The standard InChI is InChI=1S/C25H23N3O5/c1-2-13-5-7-16-15(10-13)25(24(31)26-16)21-20(17-4-3-9-27(17)25)22(29)28(23(21)30)14-6-8-18-19(11-14)33-12-32-18/h5-8,10-11,17,20-21H,2-4,9,12H2,1H3,(H,26,31)/t17-,20-,21-,25+/m1/s1. The molecule has 3 saturated heterocycles. The summed E-state index contributed by atoms with van der Waals surface area (Å²) >= 11 is 0. The van der Waals surface area contributed by atoms with E-state index in [1.54, 1.807) is 18.2 Å². The second-order valence-corrected chi connectivity index (χ2v) is 9.41. The SMILES string of the molecule is CCc1ccc2c(c1)[C@@]1(C(=O)N2)[C@H]2C(=O)N(c3ccc4c(c3)OCO4)C(=O)[C@@H]2[C@H]2CCCN21. The van der Waals surface area contributed by atoms with Crippen LogP contribution in [-0.2, 0) is 26.3 Å². The Morgan fingerprint density at radius 1 is 1.06 bits per heavy atom. The van der Waals surface area contributed by atoms with E-state index in [0.29, 0.717) is 23.7 Å². The normalized spacial score (nSPS) is 31.4. The summed E-state index contributed by atoms with van der Waals surface area (Å²) in [4.78, 5) is 45.0. The summed E-state index contributed by atoms with van der Waals surface area (Å²) in [6.45, 7) is 2.88. The van der Waals surface area contributed by atoms with Crippen molar-refractivity contribution in [3.05, 3.63) is 47.5 Å². The number of carbonyl (C=O) groups excluding carboxylic acids is 3. The second kappa shape index (κ2) is 6.35. The minimum absolute atomic E-state index is 0.114. The predicted octanol–water partition coefficient (Wildman–Crippen LogP) is 2.41. The van der Waals surface area contributed by atoms with E-state index in [1.807, 2.05) is 18.2 Å². The van der Waals surface area contributed by atoms with Gasteiger partial charge in [-0.3, -0.25) is 19.3 Å². The van der Waals surface area contributed by atoms with Crippen molar-refractivity contribution in [2.24, 2.45) is 11.8 Å². The number of amides is 3. The number of rotatable bonds is 2. The van der Waals surface area contributed by atoms with E-state index in [1.165, 1.54) is 4.90 Å². The van der Waals surface area contributed by atoms with Crippen LogP contribution in [0.15, 0.2) is 36.4 Å². The van der Waals surface area contributed by atoms with Gasteiger partial charge in [0, 0.05) is 23.4 Å². The zero-order valence-corrected chi connectivity index (χ0v) is 18.2. The molecular weight excluding hydrogens is 422 g/mol. The Labute approximate surface area is 190 Å². The number of hydrogen-bond acceptors (Lipinski definition) is 6. The number of imide groups is 1. The van der Waals surface area contributed by atoms with Gasteiger partial charge < -0.3 is 14.8 Å². The van der Waals surface area contributed by atoms with Crippen molar-refractivity contribution in [1.82, 2.24) is 4.90 Å². The van der Waals surface area contributed by atoms with Crippen LogP contribution in [0.2, 0.25) is 0 Å². The zero-order valence-electron chi connectivity index (χ0n) is 18.2. The number of carbonyl (C=O) groups is 3. The molecule has 5 heterocycles.